The molecule has 0 aliphatic carbocycles. The molecule has 0 aromatic heterocycles. The Morgan fingerprint density at radius 3 is 2.81 bits per heavy atom. The average Bonchev–Trinajstić information content (AvgIpc) is 2.24. The van der Waals surface area contributed by atoms with Crippen LogP contribution in [0.15, 0.2) is 18.2 Å². The Labute approximate surface area is 95.0 Å². The summed E-state index contributed by atoms with van der Waals surface area (Å²) < 4.78 is 0. The topological polar surface area (TPSA) is 46.4 Å². The van der Waals surface area contributed by atoms with Gasteiger partial charge in [-0.3, -0.25) is 10.1 Å². The third-order valence-corrected chi connectivity index (χ3v) is 3.15. The van der Waals surface area contributed by atoms with Crippen molar-refractivity contribution >= 4 is 5.69 Å². The summed E-state index contributed by atoms with van der Waals surface area (Å²) in [6.45, 7) is 2.10. The smallest absolute Gasteiger partial charge is 0.269 e. The molecular weight excluding hydrogens is 204 g/mol. The highest BCUT2D eigenvalue weighted by Gasteiger charge is 2.13. The van der Waals surface area contributed by atoms with Gasteiger partial charge >= 0.3 is 0 Å². The van der Waals surface area contributed by atoms with E-state index in [1.54, 1.807) is 12.1 Å². The number of nitrogens with zero attached hydrogens (tertiary/aromatic N) is 2. The van der Waals surface area contributed by atoms with Crippen LogP contribution in [0.4, 0.5) is 5.69 Å². The normalized spacial score (nSPS) is 17.3. The standard InChI is InChI=1S/C12H16N2O2/c1-13-7-2-3-11-9-12(14(15)16)5-4-10(11)6-8-13/h4-5,9H,2-3,6-8H2,1H3. The van der Waals surface area contributed by atoms with Crippen LogP contribution in [-0.4, -0.2) is 30.0 Å². The van der Waals surface area contributed by atoms with E-state index in [0.29, 0.717) is 0 Å². The Hall–Kier alpha value is -1.42. The van der Waals surface area contributed by atoms with E-state index in [-0.39, 0.29) is 10.6 Å². The van der Waals surface area contributed by atoms with E-state index in [1.807, 2.05) is 6.07 Å². The molecule has 1 aliphatic heterocycles. The second kappa shape index (κ2) is 4.61. The summed E-state index contributed by atoms with van der Waals surface area (Å²) in [5, 5.41) is 10.7. The molecule has 1 aliphatic rings. The highest BCUT2D eigenvalue weighted by molar-refractivity contribution is 5.40. The molecule has 0 saturated heterocycles. The van der Waals surface area contributed by atoms with Gasteiger partial charge < -0.3 is 4.90 Å². The maximum atomic E-state index is 10.7. The number of rotatable bonds is 1. The first kappa shape index (κ1) is 11.1. The lowest BCUT2D eigenvalue weighted by molar-refractivity contribution is -0.384. The predicted molar refractivity (Wildman–Crippen MR) is 62.6 cm³/mol. The Bertz CT molecular complexity index is 404. The molecule has 0 fully saturated rings. The van der Waals surface area contributed by atoms with Gasteiger partial charge in [0.1, 0.15) is 0 Å². The summed E-state index contributed by atoms with van der Waals surface area (Å²) in [7, 11) is 2.12. The number of hydrogen-bond acceptors (Lipinski definition) is 3. The van der Waals surface area contributed by atoms with Crippen molar-refractivity contribution in [3.63, 3.8) is 0 Å². The molecule has 4 heteroatoms. The number of nitro benzene ring substituents is 1. The molecule has 0 saturated carbocycles. The second-order valence-corrected chi connectivity index (χ2v) is 4.37. The molecule has 0 N–H and O–H groups in total. The highest BCUT2D eigenvalue weighted by atomic mass is 16.6. The minimum Gasteiger partial charge on any atom is -0.306 e. The van der Waals surface area contributed by atoms with Crippen molar-refractivity contribution in [2.75, 3.05) is 20.1 Å². The summed E-state index contributed by atoms with van der Waals surface area (Å²) in [4.78, 5) is 12.7. The lowest BCUT2D eigenvalue weighted by Gasteiger charge is -2.21. The monoisotopic (exact) mass is 220 g/mol. The van der Waals surface area contributed by atoms with Crippen molar-refractivity contribution < 1.29 is 4.92 Å². The van der Waals surface area contributed by atoms with Gasteiger partial charge in [-0.1, -0.05) is 6.07 Å². The fraction of sp³-hybridized carbons (Fsp3) is 0.500. The van der Waals surface area contributed by atoms with Crippen LogP contribution in [0.1, 0.15) is 17.5 Å². The molecule has 1 heterocycles. The third kappa shape index (κ3) is 2.39. The minimum atomic E-state index is -0.314. The highest BCUT2D eigenvalue weighted by Crippen LogP contribution is 2.21. The van der Waals surface area contributed by atoms with Crippen molar-refractivity contribution in [3.05, 3.63) is 39.4 Å². The average molecular weight is 220 g/mol. The summed E-state index contributed by atoms with van der Waals surface area (Å²) in [5.74, 6) is 0. The summed E-state index contributed by atoms with van der Waals surface area (Å²) >= 11 is 0. The molecular formula is C12H16N2O2. The quantitative estimate of drug-likeness (QED) is 0.537. The minimum absolute atomic E-state index is 0.215. The second-order valence-electron chi connectivity index (χ2n) is 4.37. The molecule has 2 rings (SSSR count). The maximum absolute atomic E-state index is 10.7. The van der Waals surface area contributed by atoms with Gasteiger partial charge in [0, 0.05) is 18.7 Å². The zero-order valence-electron chi connectivity index (χ0n) is 9.48. The van der Waals surface area contributed by atoms with E-state index in [2.05, 4.69) is 11.9 Å². The van der Waals surface area contributed by atoms with Gasteiger partial charge in [-0.25, -0.2) is 0 Å². The molecule has 1 aromatic rings. The third-order valence-electron chi connectivity index (χ3n) is 3.15. The summed E-state index contributed by atoms with van der Waals surface area (Å²) in [5.41, 5.74) is 2.63. The Morgan fingerprint density at radius 1 is 1.25 bits per heavy atom. The zero-order chi connectivity index (χ0) is 11.5. The van der Waals surface area contributed by atoms with Crippen molar-refractivity contribution in [3.8, 4) is 0 Å². The van der Waals surface area contributed by atoms with Crippen LogP contribution < -0.4 is 0 Å². The van der Waals surface area contributed by atoms with Crippen LogP contribution in [0.25, 0.3) is 0 Å². The first-order valence-electron chi connectivity index (χ1n) is 5.61. The van der Waals surface area contributed by atoms with Crippen LogP contribution >= 0.6 is 0 Å². The van der Waals surface area contributed by atoms with E-state index >= 15 is 0 Å². The van der Waals surface area contributed by atoms with Crippen molar-refractivity contribution in [1.29, 1.82) is 0 Å². The van der Waals surface area contributed by atoms with Crippen molar-refractivity contribution in [1.82, 2.24) is 4.90 Å². The van der Waals surface area contributed by atoms with E-state index in [1.165, 1.54) is 5.56 Å². The maximum Gasteiger partial charge on any atom is 0.269 e. The number of likely N-dealkylation sites (N-methyl/N-ethyl adjacent to an activating group) is 1. The molecule has 0 amide bonds. The van der Waals surface area contributed by atoms with Crippen LogP contribution in [0.2, 0.25) is 0 Å². The number of hydrogen-bond donors (Lipinski definition) is 0. The van der Waals surface area contributed by atoms with Crippen molar-refractivity contribution in [2.45, 2.75) is 19.3 Å². The number of non-ortho nitro benzene ring substituents is 1. The van der Waals surface area contributed by atoms with Crippen LogP contribution in [-0.2, 0) is 12.8 Å². The van der Waals surface area contributed by atoms with Gasteiger partial charge in [-0.15, -0.1) is 0 Å². The van der Waals surface area contributed by atoms with Gasteiger partial charge in [0.2, 0.25) is 0 Å². The Morgan fingerprint density at radius 2 is 2.06 bits per heavy atom. The van der Waals surface area contributed by atoms with Crippen molar-refractivity contribution in [2.24, 2.45) is 0 Å². The van der Waals surface area contributed by atoms with Gasteiger partial charge in [0.15, 0.2) is 0 Å². The SMILES string of the molecule is CN1CCCc2cc([N+](=O)[O-])ccc2CC1. The predicted octanol–water partition coefficient (Wildman–Crippen LogP) is 2.02. The molecule has 16 heavy (non-hydrogen) atoms. The van der Waals surface area contributed by atoms with E-state index < -0.39 is 0 Å². The van der Waals surface area contributed by atoms with Crippen LogP contribution in [0.3, 0.4) is 0 Å². The number of benzene rings is 1. The molecule has 0 unspecified atom stereocenters. The fourth-order valence-corrected chi connectivity index (χ4v) is 2.17. The van der Waals surface area contributed by atoms with E-state index in [0.717, 1.165) is 37.9 Å². The van der Waals surface area contributed by atoms with Gasteiger partial charge in [0.25, 0.3) is 5.69 Å². The molecule has 0 spiro atoms. The zero-order valence-corrected chi connectivity index (χ0v) is 9.48. The number of fused-ring (bicyclic) bond motifs is 1. The fourth-order valence-electron chi connectivity index (χ4n) is 2.17. The van der Waals surface area contributed by atoms with E-state index in [9.17, 15) is 10.1 Å². The van der Waals surface area contributed by atoms with E-state index in [4.69, 9.17) is 0 Å². The number of nitro groups is 1. The molecule has 0 bridgehead atoms. The molecule has 1 aromatic carbocycles. The van der Waals surface area contributed by atoms with Crippen LogP contribution in [0.5, 0.6) is 0 Å². The summed E-state index contributed by atoms with van der Waals surface area (Å²) in [6.07, 6.45) is 3.01. The molecule has 0 atom stereocenters. The number of aryl methyl sites for hydroxylation is 1. The van der Waals surface area contributed by atoms with Gasteiger partial charge in [0.05, 0.1) is 4.92 Å². The Kier molecular flexibility index (Phi) is 3.19. The Balaban J connectivity index is 2.28. The van der Waals surface area contributed by atoms with Crippen LogP contribution in [0, 0.1) is 10.1 Å². The molecule has 86 valence electrons. The first-order chi connectivity index (χ1) is 7.66. The first-order valence-corrected chi connectivity index (χ1v) is 5.61. The lowest BCUT2D eigenvalue weighted by atomic mass is 9.97. The largest absolute Gasteiger partial charge is 0.306 e. The lowest BCUT2D eigenvalue weighted by Crippen LogP contribution is -2.25. The van der Waals surface area contributed by atoms with Gasteiger partial charge in [-0.05, 0) is 44.0 Å². The summed E-state index contributed by atoms with van der Waals surface area (Å²) in [6, 6.07) is 5.26. The molecule has 4 nitrogen and oxygen atoms in total. The molecule has 0 radical (unpaired) electrons. The van der Waals surface area contributed by atoms with Gasteiger partial charge in [-0.2, -0.15) is 0 Å².